The number of ether oxygens (including phenoxy) is 1. The van der Waals surface area contributed by atoms with Crippen molar-refractivity contribution in [3.8, 4) is 5.69 Å². The van der Waals surface area contributed by atoms with Crippen LogP contribution in [0.4, 0.5) is 4.39 Å². The lowest BCUT2D eigenvalue weighted by atomic mass is 10.0. The van der Waals surface area contributed by atoms with E-state index >= 15 is 0 Å². The Bertz CT molecular complexity index is 727. The minimum atomic E-state index is -0.250. The van der Waals surface area contributed by atoms with Crippen molar-refractivity contribution in [1.82, 2.24) is 20.4 Å². The summed E-state index contributed by atoms with van der Waals surface area (Å²) in [6.07, 6.45) is 3.85. The molecule has 0 aliphatic rings. The van der Waals surface area contributed by atoms with Gasteiger partial charge in [0.05, 0.1) is 17.5 Å². The highest BCUT2D eigenvalue weighted by atomic mass is 19.1. The smallest absolute Gasteiger partial charge is 0.190 e. The van der Waals surface area contributed by atoms with Gasteiger partial charge < -0.3 is 15.4 Å². The maximum Gasteiger partial charge on any atom is 0.190 e. The van der Waals surface area contributed by atoms with Gasteiger partial charge in [0.1, 0.15) is 5.82 Å². The molecular weight excluding hydrogens is 357 g/mol. The van der Waals surface area contributed by atoms with Gasteiger partial charge in [-0.15, -0.1) is 0 Å². The third kappa shape index (κ3) is 6.96. The Hall–Kier alpha value is -2.41. The Morgan fingerprint density at radius 2 is 1.89 bits per heavy atom. The van der Waals surface area contributed by atoms with E-state index in [2.05, 4.69) is 34.6 Å². The highest BCUT2D eigenvalue weighted by Gasteiger charge is 2.13. The molecule has 1 aromatic carbocycles. The van der Waals surface area contributed by atoms with Crippen molar-refractivity contribution in [2.24, 2.45) is 10.9 Å². The summed E-state index contributed by atoms with van der Waals surface area (Å²) < 4.78 is 20.6. The number of aliphatic imine (C=N–C) groups is 1. The minimum absolute atomic E-state index is 0.250. The molecule has 0 aliphatic heterocycles. The van der Waals surface area contributed by atoms with Crippen LogP contribution in [-0.2, 0) is 11.2 Å². The van der Waals surface area contributed by atoms with Crippen LogP contribution in [0.15, 0.2) is 41.5 Å². The molecule has 28 heavy (non-hydrogen) atoms. The van der Waals surface area contributed by atoms with Gasteiger partial charge in [0.25, 0.3) is 0 Å². The van der Waals surface area contributed by atoms with E-state index in [0.717, 1.165) is 49.9 Å². The van der Waals surface area contributed by atoms with Crippen LogP contribution in [0.25, 0.3) is 5.69 Å². The molecule has 1 aromatic heterocycles. The summed E-state index contributed by atoms with van der Waals surface area (Å²) >= 11 is 0. The normalized spacial score (nSPS) is 13.0. The van der Waals surface area contributed by atoms with Crippen LogP contribution in [0.2, 0.25) is 0 Å². The molecule has 0 amide bonds. The van der Waals surface area contributed by atoms with Gasteiger partial charge in [0.2, 0.25) is 0 Å². The van der Waals surface area contributed by atoms with E-state index in [1.165, 1.54) is 12.1 Å². The van der Waals surface area contributed by atoms with E-state index in [4.69, 9.17) is 4.74 Å². The van der Waals surface area contributed by atoms with Crippen molar-refractivity contribution in [2.45, 2.75) is 39.7 Å². The first kappa shape index (κ1) is 21.9. The molecule has 1 heterocycles. The summed E-state index contributed by atoms with van der Waals surface area (Å²) in [5.74, 6) is 1.02. The Kier molecular flexibility index (Phi) is 8.94. The van der Waals surface area contributed by atoms with E-state index in [1.807, 2.05) is 19.2 Å². The Balaban J connectivity index is 1.75. The van der Waals surface area contributed by atoms with Crippen LogP contribution in [0.3, 0.4) is 0 Å². The summed E-state index contributed by atoms with van der Waals surface area (Å²) in [4.78, 5) is 4.26. The molecule has 2 rings (SSSR count). The zero-order valence-corrected chi connectivity index (χ0v) is 17.3. The average molecular weight is 390 g/mol. The lowest BCUT2D eigenvalue weighted by molar-refractivity contribution is 0.0258. The number of halogens is 1. The fraction of sp³-hybridized carbons (Fsp3) is 0.524. The second-order valence-corrected chi connectivity index (χ2v) is 6.93. The number of nitrogens with one attached hydrogen (secondary N) is 2. The van der Waals surface area contributed by atoms with E-state index in [9.17, 15) is 4.39 Å². The third-order valence-corrected chi connectivity index (χ3v) is 4.48. The molecule has 0 spiro atoms. The molecule has 0 bridgehead atoms. The molecule has 154 valence electrons. The van der Waals surface area contributed by atoms with E-state index in [0.29, 0.717) is 5.92 Å². The standard InChI is InChI=1S/C21H32FN5O/c1-5-28-20(16(2)3)11-14-25-21(23-4)24-13-10-18-12-15-27(26-18)19-8-6-17(22)7-9-19/h6-9,12,15-16,20H,5,10-11,13-14H2,1-4H3,(H2,23,24,25). The van der Waals surface area contributed by atoms with E-state index < -0.39 is 0 Å². The second-order valence-electron chi connectivity index (χ2n) is 6.93. The topological polar surface area (TPSA) is 63.5 Å². The van der Waals surface area contributed by atoms with Crippen LogP contribution in [0.5, 0.6) is 0 Å². The van der Waals surface area contributed by atoms with E-state index in [-0.39, 0.29) is 11.9 Å². The first-order valence-electron chi connectivity index (χ1n) is 9.90. The van der Waals surface area contributed by atoms with Crippen LogP contribution in [0.1, 0.15) is 32.9 Å². The van der Waals surface area contributed by atoms with Crippen molar-refractivity contribution < 1.29 is 9.13 Å². The number of hydrogen-bond donors (Lipinski definition) is 2. The molecule has 0 saturated carbocycles. The molecule has 0 saturated heterocycles. The molecule has 1 unspecified atom stereocenters. The summed E-state index contributed by atoms with van der Waals surface area (Å²) in [7, 11) is 1.76. The zero-order valence-electron chi connectivity index (χ0n) is 17.3. The van der Waals surface area contributed by atoms with Crippen molar-refractivity contribution >= 4 is 5.96 Å². The largest absolute Gasteiger partial charge is 0.378 e. The molecule has 0 radical (unpaired) electrons. The summed E-state index contributed by atoms with van der Waals surface area (Å²) in [5.41, 5.74) is 1.80. The van der Waals surface area contributed by atoms with Crippen molar-refractivity contribution in [3.05, 3.63) is 48.0 Å². The Morgan fingerprint density at radius 1 is 1.18 bits per heavy atom. The van der Waals surface area contributed by atoms with Gasteiger partial charge in [-0.1, -0.05) is 13.8 Å². The molecule has 2 aromatic rings. The van der Waals surface area contributed by atoms with E-state index in [1.54, 1.807) is 23.9 Å². The van der Waals surface area contributed by atoms with Gasteiger partial charge in [-0.2, -0.15) is 5.10 Å². The molecule has 6 nitrogen and oxygen atoms in total. The number of guanidine groups is 1. The van der Waals surface area contributed by atoms with Gasteiger partial charge in [0, 0.05) is 39.4 Å². The predicted octanol–water partition coefficient (Wildman–Crippen LogP) is 3.17. The van der Waals surface area contributed by atoms with Crippen molar-refractivity contribution in [1.29, 1.82) is 0 Å². The highest BCUT2D eigenvalue weighted by Crippen LogP contribution is 2.10. The molecule has 1 atom stereocenters. The van der Waals surface area contributed by atoms with Crippen LogP contribution < -0.4 is 10.6 Å². The first-order valence-corrected chi connectivity index (χ1v) is 9.90. The molecule has 7 heteroatoms. The molecule has 0 aliphatic carbocycles. The first-order chi connectivity index (χ1) is 13.5. The van der Waals surface area contributed by atoms with Gasteiger partial charge in [-0.3, -0.25) is 4.99 Å². The number of nitrogens with zero attached hydrogens (tertiary/aromatic N) is 3. The van der Waals surface area contributed by atoms with Crippen molar-refractivity contribution in [3.63, 3.8) is 0 Å². The number of aromatic nitrogens is 2. The van der Waals surface area contributed by atoms with Gasteiger partial charge in [0.15, 0.2) is 5.96 Å². The minimum Gasteiger partial charge on any atom is -0.378 e. The zero-order chi connectivity index (χ0) is 20.4. The number of hydrogen-bond acceptors (Lipinski definition) is 3. The molecular formula is C21H32FN5O. The monoisotopic (exact) mass is 389 g/mol. The summed E-state index contributed by atoms with van der Waals surface area (Å²) in [6, 6.07) is 8.26. The third-order valence-electron chi connectivity index (χ3n) is 4.48. The quantitative estimate of drug-likeness (QED) is 0.484. The van der Waals surface area contributed by atoms with Crippen LogP contribution in [0, 0.1) is 11.7 Å². The average Bonchev–Trinajstić information content (AvgIpc) is 3.15. The Labute approximate surface area is 167 Å². The van der Waals surface area contributed by atoms with Gasteiger partial charge in [-0.05, 0) is 49.6 Å². The lowest BCUT2D eigenvalue weighted by Gasteiger charge is -2.21. The van der Waals surface area contributed by atoms with Crippen molar-refractivity contribution in [2.75, 3.05) is 26.7 Å². The SMILES string of the molecule is CCOC(CCNC(=NC)NCCc1ccn(-c2ccc(F)cc2)n1)C(C)C. The van der Waals surface area contributed by atoms with Gasteiger partial charge >= 0.3 is 0 Å². The fourth-order valence-electron chi connectivity index (χ4n) is 2.92. The van der Waals surface area contributed by atoms with Crippen LogP contribution in [-0.4, -0.2) is 48.6 Å². The molecule has 0 fully saturated rings. The second kappa shape index (κ2) is 11.4. The lowest BCUT2D eigenvalue weighted by Crippen LogP contribution is -2.40. The number of benzene rings is 1. The Morgan fingerprint density at radius 3 is 2.54 bits per heavy atom. The summed E-state index contributed by atoms with van der Waals surface area (Å²) in [6.45, 7) is 8.65. The molecule has 2 N–H and O–H groups in total. The van der Waals surface area contributed by atoms with Gasteiger partial charge in [-0.25, -0.2) is 9.07 Å². The number of rotatable bonds is 10. The maximum atomic E-state index is 13.0. The maximum absolute atomic E-state index is 13.0. The summed E-state index contributed by atoms with van der Waals surface area (Å²) in [5, 5.41) is 11.2. The fourth-order valence-corrected chi connectivity index (χ4v) is 2.92. The predicted molar refractivity (Wildman–Crippen MR) is 111 cm³/mol. The highest BCUT2D eigenvalue weighted by molar-refractivity contribution is 5.79. The van der Waals surface area contributed by atoms with Crippen LogP contribution >= 0.6 is 0 Å².